The van der Waals surface area contributed by atoms with Gasteiger partial charge in [-0.15, -0.1) is 6.42 Å². The van der Waals surface area contributed by atoms with Gasteiger partial charge in [0, 0.05) is 39.3 Å². The van der Waals surface area contributed by atoms with Crippen LogP contribution >= 0.6 is 0 Å². The standard InChI is InChI=1S/C4H9N2O.Y/c5-3-4(6)1-2-7;/h4H,1,3,5-6H2;/q-1;. The summed E-state index contributed by atoms with van der Waals surface area (Å²) in [6.07, 6.45) is 1.91. The molecular formula is C4H9N2OY-. The van der Waals surface area contributed by atoms with Gasteiger partial charge in [0.05, 0.1) is 0 Å². The van der Waals surface area contributed by atoms with Crippen molar-refractivity contribution in [2.45, 2.75) is 12.5 Å². The van der Waals surface area contributed by atoms with Gasteiger partial charge < -0.3 is 16.3 Å². The second-order valence-electron chi connectivity index (χ2n) is 1.34. The second-order valence-corrected chi connectivity index (χ2v) is 1.34. The van der Waals surface area contributed by atoms with Crippen LogP contribution in [-0.4, -0.2) is 18.9 Å². The van der Waals surface area contributed by atoms with Crippen molar-refractivity contribution in [2.24, 2.45) is 11.5 Å². The van der Waals surface area contributed by atoms with Crippen LogP contribution in [0.3, 0.4) is 0 Å². The van der Waals surface area contributed by atoms with Gasteiger partial charge in [-0.25, -0.2) is 0 Å². The SMILES string of the molecule is NCC(N)C[C-]=O.[Y]. The molecule has 4 N–H and O–H groups in total. The van der Waals surface area contributed by atoms with Crippen molar-refractivity contribution in [3.05, 3.63) is 0 Å². The monoisotopic (exact) mass is 190 g/mol. The summed E-state index contributed by atoms with van der Waals surface area (Å²) in [5, 5.41) is 0. The fourth-order valence-electron chi connectivity index (χ4n) is 0.190. The van der Waals surface area contributed by atoms with Gasteiger partial charge in [-0.1, -0.05) is 0 Å². The Morgan fingerprint density at radius 1 is 1.62 bits per heavy atom. The zero-order chi connectivity index (χ0) is 5.70. The second kappa shape index (κ2) is 7.69. The maximum Gasteiger partial charge on any atom is 0.00523 e. The van der Waals surface area contributed by atoms with E-state index in [1.165, 1.54) is 0 Å². The van der Waals surface area contributed by atoms with Crippen molar-refractivity contribution in [2.75, 3.05) is 6.54 Å². The molecule has 3 nitrogen and oxygen atoms in total. The summed E-state index contributed by atoms with van der Waals surface area (Å²) in [5.41, 5.74) is 10.3. The van der Waals surface area contributed by atoms with Crippen molar-refractivity contribution in [3.63, 3.8) is 0 Å². The van der Waals surface area contributed by atoms with E-state index < -0.39 is 0 Å². The molecule has 0 aliphatic heterocycles. The average Bonchev–Trinajstić information content (AvgIpc) is 1.68. The van der Waals surface area contributed by atoms with Crippen molar-refractivity contribution in [1.82, 2.24) is 0 Å². The Hall–Kier alpha value is 0.694. The molecule has 0 bridgehead atoms. The Balaban J connectivity index is 0. The molecule has 0 amide bonds. The van der Waals surface area contributed by atoms with E-state index in [1.807, 2.05) is 0 Å². The van der Waals surface area contributed by atoms with Crippen molar-refractivity contribution in [3.8, 4) is 0 Å². The first-order valence-electron chi connectivity index (χ1n) is 2.12. The quantitative estimate of drug-likeness (QED) is 0.547. The molecule has 4 heteroatoms. The van der Waals surface area contributed by atoms with Gasteiger partial charge in [0.1, 0.15) is 0 Å². The summed E-state index contributed by atoms with van der Waals surface area (Å²) in [6.45, 7) is 0.356. The van der Waals surface area contributed by atoms with Crippen molar-refractivity contribution >= 4 is 6.29 Å². The first kappa shape index (κ1) is 11.5. The summed E-state index contributed by atoms with van der Waals surface area (Å²) < 4.78 is 0. The van der Waals surface area contributed by atoms with Crippen LogP contribution in [0.25, 0.3) is 0 Å². The predicted molar refractivity (Wildman–Crippen MR) is 27.3 cm³/mol. The summed E-state index contributed by atoms with van der Waals surface area (Å²) in [5.74, 6) is 0. The maximum atomic E-state index is 9.51. The summed E-state index contributed by atoms with van der Waals surface area (Å²) in [4.78, 5) is 9.51. The molecule has 1 unspecified atom stereocenters. The normalized spacial score (nSPS) is 11.8. The Morgan fingerprint density at radius 2 is 2.12 bits per heavy atom. The molecule has 0 heterocycles. The van der Waals surface area contributed by atoms with Gasteiger partial charge in [-0.3, -0.25) is 6.29 Å². The summed E-state index contributed by atoms with van der Waals surface area (Å²) in [6, 6.07) is -0.197. The van der Waals surface area contributed by atoms with Crippen molar-refractivity contribution in [1.29, 1.82) is 0 Å². The Morgan fingerprint density at radius 3 is 2.25 bits per heavy atom. The van der Waals surface area contributed by atoms with E-state index in [0.29, 0.717) is 6.54 Å². The molecule has 0 aliphatic rings. The molecule has 1 atom stereocenters. The molecule has 0 spiro atoms. The van der Waals surface area contributed by atoms with Crippen LogP contribution in [-0.2, 0) is 37.5 Å². The first-order chi connectivity index (χ1) is 3.31. The fourth-order valence-corrected chi connectivity index (χ4v) is 0.190. The van der Waals surface area contributed by atoms with Crippen LogP contribution < -0.4 is 11.5 Å². The zero-order valence-electron chi connectivity index (χ0n) is 4.63. The largest absolute Gasteiger partial charge is 0.542 e. The maximum absolute atomic E-state index is 9.51. The van der Waals surface area contributed by atoms with E-state index in [1.54, 1.807) is 6.29 Å². The third kappa shape index (κ3) is 6.69. The third-order valence-corrected chi connectivity index (χ3v) is 0.648. The van der Waals surface area contributed by atoms with Crippen LogP contribution in [0.1, 0.15) is 6.42 Å². The average molecular weight is 190 g/mol. The molecule has 8 heavy (non-hydrogen) atoms. The Labute approximate surface area is 74.1 Å². The van der Waals surface area contributed by atoms with E-state index in [0.717, 1.165) is 0 Å². The van der Waals surface area contributed by atoms with Gasteiger partial charge in [-0.05, 0) is 6.04 Å². The Bertz CT molecular complexity index is 60.0. The van der Waals surface area contributed by atoms with E-state index >= 15 is 0 Å². The van der Waals surface area contributed by atoms with E-state index in [4.69, 9.17) is 11.5 Å². The minimum atomic E-state index is -0.197. The van der Waals surface area contributed by atoms with Crippen LogP contribution in [0, 0.1) is 0 Å². The van der Waals surface area contributed by atoms with E-state index in [-0.39, 0.29) is 45.2 Å². The summed E-state index contributed by atoms with van der Waals surface area (Å²) in [7, 11) is 0. The predicted octanol–water partition coefficient (Wildman–Crippen LogP) is -1.23. The molecular weight excluding hydrogens is 181 g/mol. The van der Waals surface area contributed by atoms with Crippen LogP contribution in [0.4, 0.5) is 0 Å². The van der Waals surface area contributed by atoms with Gasteiger partial charge in [0.25, 0.3) is 0 Å². The van der Waals surface area contributed by atoms with Gasteiger partial charge in [-0.2, -0.15) is 0 Å². The number of hydrogen-bond donors (Lipinski definition) is 2. The molecule has 0 aromatic heterocycles. The molecule has 0 rings (SSSR count). The smallest absolute Gasteiger partial charge is 0.00523 e. The minimum Gasteiger partial charge on any atom is -0.542 e. The fraction of sp³-hybridized carbons (Fsp3) is 0.750. The molecule has 0 saturated carbocycles. The Kier molecular flexibility index (Phi) is 11.0. The van der Waals surface area contributed by atoms with Crippen LogP contribution in [0.15, 0.2) is 0 Å². The molecule has 0 aromatic rings. The van der Waals surface area contributed by atoms with E-state index in [2.05, 4.69) is 0 Å². The molecule has 0 saturated heterocycles. The molecule has 45 valence electrons. The summed E-state index contributed by atoms with van der Waals surface area (Å²) >= 11 is 0. The van der Waals surface area contributed by atoms with Gasteiger partial charge in [0.2, 0.25) is 0 Å². The molecule has 0 fully saturated rings. The van der Waals surface area contributed by atoms with Crippen molar-refractivity contribution < 1.29 is 37.5 Å². The molecule has 0 aliphatic carbocycles. The molecule has 0 aromatic carbocycles. The van der Waals surface area contributed by atoms with Gasteiger partial charge in [0.15, 0.2) is 0 Å². The van der Waals surface area contributed by atoms with Gasteiger partial charge >= 0.3 is 0 Å². The number of carbonyl (C=O) groups excluding carboxylic acids is 1. The first-order valence-corrected chi connectivity index (χ1v) is 2.12. The number of rotatable bonds is 3. The number of nitrogens with two attached hydrogens (primary N) is 2. The molecule has 1 radical (unpaired) electrons. The number of hydrogen-bond acceptors (Lipinski definition) is 3. The van der Waals surface area contributed by atoms with Crippen LogP contribution in [0.2, 0.25) is 0 Å². The minimum absolute atomic E-state index is 0. The third-order valence-electron chi connectivity index (χ3n) is 0.648. The van der Waals surface area contributed by atoms with E-state index in [9.17, 15) is 4.79 Å². The van der Waals surface area contributed by atoms with Crippen LogP contribution in [0.5, 0.6) is 0 Å². The zero-order valence-corrected chi connectivity index (χ0v) is 7.47. The topological polar surface area (TPSA) is 69.1 Å².